The number of rotatable bonds is 9. The normalized spacial score (nSPS) is 11.8. The van der Waals surface area contributed by atoms with E-state index in [1.807, 2.05) is 0 Å². The molecule has 1 amide bonds. The van der Waals surface area contributed by atoms with E-state index in [0.717, 1.165) is 6.08 Å². The molecule has 3 N–H and O–H groups in total. The summed E-state index contributed by atoms with van der Waals surface area (Å²) in [5, 5.41) is 22.9. The number of alkyl halides is 3. The van der Waals surface area contributed by atoms with Crippen molar-refractivity contribution in [3.05, 3.63) is 53.7 Å². The molecule has 0 spiro atoms. The molecule has 1 heterocycles. The molecule has 2 aromatic rings. The third-order valence-electron chi connectivity index (χ3n) is 4.88. The second-order valence-electron chi connectivity index (χ2n) is 7.27. The number of ether oxygens (including phenoxy) is 1. The van der Waals surface area contributed by atoms with Crippen molar-refractivity contribution in [2.24, 2.45) is 0 Å². The Labute approximate surface area is 195 Å². The molecule has 0 fully saturated rings. The monoisotopic (exact) mass is 477 g/mol. The topological polar surface area (TPSA) is 94.9 Å². The number of aliphatic hydroxyl groups is 2. The molecule has 2 rings (SSSR count). The maximum Gasteiger partial charge on any atom is 0.573 e. The van der Waals surface area contributed by atoms with Crippen molar-refractivity contribution in [1.29, 1.82) is 0 Å². The molecule has 182 valence electrons. The van der Waals surface area contributed by atoms with E-state index in [9.17, 15) is 28.2 Å². The summed E-state index contributed by atoms with van der Waals surface area (Å²) in [5.74, 6) is 4.88. The van der Waals surface area contributed by atoms with Crippen LogP contribution in [0.15, 0.2) is 36.9 Å². The van der Waals surface area contributed by atoms with Crippen LogP contribution >= 0.6 is 0 Å². The van der Waals surface area contributed by atoms with E-state index in [4.69, 9.17) is 0 Å². The summed E-state index contributed by atoms with van der Waals surface area (Å²) >= 11 is 0. The Balaban J connectivity index is 2.71. The minimum Gasteiger partial charge on any atom is -0.406 e. The molecule has 0 aliphatic heterocycles. The van der Waals surface area contributed by atoms with Gasteiger partial charge in [0.15, 0.2) is 0 Å². The van der Waals surface area contributed by atoms with Gasteiger partial charge in [-0.15, -0.1) is 19.1 Å². The minimum atomic E-state index is -4.81. The molecule has 0 saturated heterocycles. The van der Waals surface area contributed by atoms with Gasteiger partial charge in [0, 0.05) is 18.2 Å². The largest absolute Gasteiger partial charge is 0.573 e. The number of hydrogen-bond donors (Lipinski definition) is 3. The smallest absolute Gasteiger partial charge is 0.406 e. The van der Waals surface area contributed by atoms with Gasteiger partial charge < -0.3 is 25.2 Å². The highest BCUT2D eigenvalue weighted by molar-refractivity contribution is 5.86. The van der Waals surface area contributed by atoms with Crippen LogP contribution in [0.25, 0.3) is 11.3 Å². The zero-order valence-corrected chi connectivity index (χ0v) is 19.0. The standard InChI is InChI=1S/C24H26F3N3O4/c1-5-7-12-30(4)23-15(3)22(16-8-10-17(11-9-16)34-24(25,26)27)29-18(13-28-20(33)6-2)21(23)19(32)14-31/h6,8-11,19,31-32H,2,12-14H2,1,3-4H3,(H,28,33). The summed E-state index contributed by atoms with van der Waals surface area (Å²) in [6, 6.07) is 5.21. The highest BCUT2D eigenvalue weighted by Crippen LogP contribution is 2.37. The molecule has 1 aromatic heterocycles. The van der Waals surface area contributed by atoms with Gasteiger partial charge in [0.25, 0.3) is 0 Å². The van der Waals surface area contributed by atoms with Crippen LogP contribution in [0.3, 0.4) is 0 Å². The number of anilines is 1. The number of carbonyl (C=O) groups is 1. The maximum absolute atomic E-state index is 12.5. The molecule has 34 heavy (non-hydrogen) atoms. The van der Waals surface area contributed by atoms with E-state index < -0.39 is 25.0 Å². The first-order valence-corrected chi connectivity index (χ1v) is 10.2. The number of halogens is 3. The molecule has 1 atom stereocenters. The Hall–Kier alpha value is -3.55. The zero-order chi connectivity index (χ0) is 25.5. The average molecular weight is 477 g/mol. The van der Waals surface area contributed by atoms with Gasteiger partial charge in [0.2, 0.25) is 5.91 Å². The number of amides is 1. The Morgan fingerprint density at radius 3 is 2.53 bits per heavy atom. The fourth-order valence-corrected chi connectivity index (χ4v) is 3.41. The number of hydrogen-bond acceptors (Lipinski definition) is 6. The highest BCUT2D eigenvalue weighted by Gasteiger charge is 2.31. The van der Waals surface area contributed by atoms with E-state index in [-0.39, 0.29) is 18.0 Å². The van der Waals surface area contributed by atoms with Gasteiger partial charge in [0.1, 0.15) is 11.9 Å². The number of nitrogens with one attached hydrogen (secondary N) is 1. The second kappa shape index (κ2) is 11.5. The van der Waals surface area contributed by atoms with Crippen molar-refractivity contribution in [2.75, 3.05) is 25.1 Å². The number of benzene rings is 1. The summed E-state index contributed by atoms with van der Waals surface area (Å²) in [7, 11) is 1.75. The third-order valence-corrected chi connectivity index (χ3v) is 4.88. The van der Waals surface area contributed by atoms with Crippen LogP contribution in [0.2, 0.25) is 0 Å². The fraction of sp³-hybridized carbons (Fsp3) is 0.333. The Bertz CT molecular complexity index is 1090. The van der Waals surface area contributed by atoms with Crippen LogP contribution in [0.4, 0.5) is 18.9 Å². The van der Waals surface area contributed by atoms with E-state index >= 15 is 0 Å². The lowest BCUT2D eigenvalue weighted by Crippen LogP contribution is -2.27. The SMILES string of the molecule is C=CC(=O)NCc1nc(-c2ccc(OC(F)(F)F)cc2)c(C)c(N(C)CC#CC)c1C(O)CO. The van der Waals surface area contributed by atoms with E-state index in [1.165, 1.54) is 24.3 Å². The Kier molecular flexibility index (Phi) is 9.06. The predicted octanol–water partition coefficient (Wildman–Crippen LogP) is 3.24. The minimum absolute atomic E-state index is 0.0832. The van der Waals surface area contributed by atoms with Crippen LogP contribution in [0.5, 0.6) is 5.75 Å². The molecule has 0 bridgehead atoms. The summed E-state index contributed by atoms with van der Waals surface area (Å²) < 4.78 is 41.5. The van der Waals surface area contributed by atoms with Gasteiger partial charge in [-0.05, 0) is 49.8 Å². The van der Waals surface area contributed by atoms with Crippen LogP contribution in [-0.2, 0) is 11.3 Å². The quantitative estimate of drug-likeness (QED) is 0.379. The summed E-state index contributed by atoms with van der Waals surface area (Å²) in [5.41, 5.74) is 2.63. The van der Waals surface area contributed by atoms with Crippen molar-refractivity contribution < 1.29 is 32.9 Å². The molecule has 1 aromatic carbocycles. The van der Waals surface area contributed by atoms with E-state index in [0.29, 0.717) is 34.6 Å². The van der Waals surface area contributed by atoms with Crippen molar-refractivity contribution in [1.82, 2.24) is 10.3 Å². The molecule has 0 saturated carbocycles. The summed E-state index contributed by atoms with van der Waals surface area (Å²) in [6.07, 6.45) is -5.03. The van der Waals surface area contributed by atoms with Gasteiger partial charge >= 0.3 is 6.36 Å². The molecule has 7 nitrogen and oxygen atoms in total. The van der Waals surface area contributed by atoms with Crippen molar-refractivity contribution in [2.45, 2.75) is 32.9 Å². The number of aromatic nitrogens is 1. The molecule has 0 radical (unpaired) electrons. The van der Waals surface area contributed by atoms with Crippen molar-refractivity contribution >= 4 is 11.6 Å². The number of pyridine rings is 1. The third kappa shape index (κ3) is 6.73. The van der Waals surface area contributed by atoms with Gasteiger partial charge in [0.05, 0.1) is 36.8 Å². The molecule has 10 heteroatoms. The van der Waals surface area contributed by atoms with E-state index in [2.05, 4.69) is 33.5 Å². The van der Waals surface area contributed by atoms with Crippen LogP contribution in [0.1, 0.15) is 29.8 Å². The van der Waals surface area contributed by atoms with E-state index in [1.54, 1.807) is 25.8 Å². The van der Waals surface area contributed by atoms with Gasteiger partial charge in [-0.2, -0.15) is 0 Å². The molecule has 0 aliphatic carbocycles. The van der Waals surface area contributed by atoms with Crippen LogP contribution < -0.4 is 15.0 Å². The lowest BCUT2D eigenvalue weighted by molar-refractivity contribution is -0.274. The van der Waals surface area contributed by atoms with Crippen LogP contribution in [-0.4, -0.2) is 47.7 Å². The molecular weight excluding hydrogens is 451 g/mol. The highest BCUT2D eigenvalue weighted by atomic mass is 19.4. The summed E-state index contributed by atoms with van der Waals surface area (Å²) in [4.78, 5) is 18.1. The fourth-order valence-electron chi connectivity index (χ4n) is 3.41. The van der Waals surface area contributed by atoms with Gasteiger partial charge in [-0.1, -0.05) is 12.5 Å². The van der Waals surface area contributed by atoms with Gasteiger partial charge in [-0.25, -0.2) is 0 Å². The van der Waals surface area contributed by atoms with Gasteiger partial charge in [-0.3, -0.25) is 9.78 Å². The maximum atomic E-state index is 12.5. The lowest BCUT2D eigenvalue weighted by atomic mass is 9.96. The van der Waals surface area contributed by atoms with Crippen molar-refractivity contribution in [3.63, 3.8) is 0 Å². The molecule has 0 aliphatic rings. The molecular formula is C24H26F3N3O4. The average Bonchev–Trinajstić information content (AvgIpc) is 2.80. The van der Waals surface area contributed by atoms with Crippen LogP contribution in [0, 0.1) is 18.8 Å². The zero-order valence-electron chi connectivity index (χ0n) is 19.0. The number of aliphatic hydroxyl groups excluding tert-OH is 2. The Morgan fingerprint density at radius 2 is 2.00 bits per heavy atom. The first-order valence-electron chi connectivity index (χ1n) is 10.2. The number of carbonyl (C=O) groups excluding carboxylic acids is 1. The predicted molar refractivity (Wildman–Crippen MR) is 122 cm³/mol. The van der Waals surface area contributed by atoms with Crippen molar-refractivity contribution in [3.8, 4) is 28.8 Å². The summed E-state index contributed by atoms with van der Waals surface area (Å²) in [6.45, 7) is 6.45. The number of nitrogens with zero attached hydrogens (tertiary/aromatic N) is 2. The molecule has 1 unspecified atom stereocenters. The second-order valence-corrected chi connectivity index (χ2v) is 7.27. The Morgan fingerprint density at radius 1 is 1.35 bits per heavy atom. The lowest BCUT2D eigenvalue weighted by Gasteiger charge is -2.28. The first kappa shape index (κ1) is 26.7. The first-order chi connectivity index (χ1) is 16.0.